The third-order valence-electron chi connectivity index (χ3n) is 6.45. The van der Waals surface area contributed by atoms with Gasteiger partial charge in [0.2, 0.25) is 5.91 Å². The van der Waals surface area contributed by atoms with Crippen LogP contribution in [0.3, 0.4) is 0 Å². The second-order valence-corrected chi connectivity index (χ2v) is 12.0. The average Bonchev–Trinajstić information content (AvgIpc) is 3.19. The topological polar surface area (TPSA) is 55.4 Å². The zero-order valence-corrected chi connectivity index (χ0v) is 21.7. The number of benzene rings is 2. The van der Waals surface area contributed by atoms with E-state index in [-0.39, 0.29) is 17.3 Å². The van der Waals surface area contributed by atoms with Crippen LogP contribution in [0.4, 0.5) is 5.00 Å². The zero-order valence-electron chi connectivity index (χ0n) is 20.1. The van der Waals surface area contributed by atoms with E-state index < -0.39 is 5.25 Å². The lowest BCUT2D eigenvalue weighted by Crippen LogP contribution is -2.26. The smallest absolute Gasteiger partial charge is 0.341 e. The third-order valence-corrected chi connectivity index (χ3v) is 8.89. The molecule has 2 aromatic carbocycles. The van der Waals surface area contributed by atoms with Crippen LogP contribution in [0.2, 0.25) is 0 Å². The SMILES string of the molecule is COC(=O)c1c(NC(=O)[C@H](Sc2ccccc2)c2ccccc2)sc2c1CC[C@H](C(C)(C)C)C2. The summed E-state index contributed by atoms with van der Waals surface area (Å²) < 4.78 is 5.13. The fourth-order valence-electron chi connectivity index (χ4n) is 4.44. The molecule has 2 atom stereocenters. The van der Waals surface area contributed by atoms with Crippen molar-refractivity contribution in [3.05, 3.63) is 82.2 Å². The Labute approximate surface area is 210 Å². The molecule has 0 saturated carbocycles. The number of hydrogen-bond donors (Lipinski definition) is 1. The number of methoxy groups -OCH3 is 1. The van der Waals surface area contributed by atoms with Crippen LogP contribution >= 0.6 is 23.1 Å². The van der Waals surface area contributed by atoms with Crippen molar-refractivity contribution in [3.8, 4) is 0 Å². The summed E-state index contributed by atoms with van der Waals surface area (Å²) in [4.78, 5) is 28.6. The van der Waals surface area contributed by atoms with Crippen molar-refractivity contribution in [3.63, 3.8) is 0 Å². The van der Waals surface area contributed by atoms with E-state index in [1.54, 1.807) is 0 Å². The number of thioether (sulfide) groups is 1. The fourth-order valence-corrected chi connectivity index (χ4v) is 6.81. The van der Waals surface area contributed by atoms with Crippen LogP contribution in [0, 0.1) is 11.3 Å². The van der Waals surface area contributed by atoms with Gasteiger partial charge in [-0.3, -0.25) is 4.79 Å². The molecule has 0 spiro atoms. The first kappa shape index (κ1) is 24.6. The van der Waals surface area contributed by atoms with E-state index in [0.717, 1.165) is 35.3 Å². The maximum atomic E-state index is 13.6. The highest BCUT2D eigenvalue weighted by molar-refractivity contribution is 8.00. The van der Waals surface area contributed by atoms with Crippen molar-refractivity contribution in [1.29, 1.82) is 0 Å². The number of thiophene rings is 1. The summed E-state index contributed by atoms with van der Waals surface area (Å²) in [5.41, 5.74) is 2.68. The van der Waals surface area contributed by atoms with Crippen LogP contribution in [-0.4, -0.2) is 19.0 Å². The lowest BCUT2D eigenvalue weighted by Gasteiger charge is -2.33. The van der Waals surface area contributed by atoms with Gasteiger partial charge in [-0.25, -0.2) is 4.79 Å². The summed E-state index contributed by atoms with van der Waals surface area (Å²) in [5.74, 6) is 0.0172. The molecule has 0 aliphatic heterocycles. The minimum atomic E-state index is -0.449. The van der Waals surface area contributed by atoms with Gasteiger partial charge in [-0.1, -0.05) is 69.3 Å². The molecule has 1 aromatic heterocycles. The first-order chi connectivity index (χ1) is 16.3. The second-order valence-electron chi connectivity index (χ2n) is 9.72. The summed E-state index contributed by atoms with van der Waals surface area (Å²) in [5, 5.41) is 3.27. The highest BCUT2D eigenvalue weighted by atomic mass is 32.2. The molecule has 0 unspecified atom stereocenters. The Morgan fingerprint density at radius 1 is 1.06 bits per heavy atom. The number of nitrogens with one attached hydrogen (secondary N) is 1. The molecule has 1 heterocycles. The highest BCUT2D eigenvalue weighted by Gasteiger charge is 2.35. The van der Waals surface area contributed by atoms with Gasteiger partial charge in [0, 0.05) is 9.77 Å². The Morgan fingerprint density at radius 2 is 1.71 bits per heavy atom. The number of hydrogen-bond acceptors (Lipinski definition) is 5. The van der Waals surface area contributed by atoms with E-state index in [0.29, 0.717) is 16.5 Å². The Hall–Kier alpha value is -2.57. The quantitative estimate of drug-likeness (QED) is 0.292. The lowest BCUT2D eigenvalue weighted by atomic mass is 9.72. The number of anilines is 1. The van der Waals surface area contributed by atoms with E-state index in [1.165, 1.54) is 35.1 Å². The number of esters is 1. The molecule has 178 valence electrons. The van der Waals surface area contributed by atoms with Gasteiger partial charge in [-0.2, -0.15) is 0 Å². The molecule has 0 saturated heterocycles. The van der Waals surface area contributed by atoms with Crippen molar-refractivity contribution in [2.24, 2.45) is 11.3 Å². The maximum Gasteiger partial charge on any atom is 0.341 e. The summed E-state index contributed by atoms with van der Waals surface area (Å²) >= 11 is 3.03. The molecule has 4 nitrogen and oxygen atoms in total. The molecule has 0 radical (unpaired) electrons. The van der Waals surface area contributed by atoms with Crippen LogP contribution in [0.1, 0.15) is 58.8 Å². The van der Waals surface area contributed by atoms with Gasteiger partial charge in [-0.05, 0) is 53.9 Å². The molecule has 3 aromatic rings. The summed E-state index contributed by atoms with van der Waals surface area (Å²) in [6.07, 6.45) is 2.78. The molecule has 34 heavy (non-hydrogen) atoms. The van der Waals surface area contributed by atoms with E-state index in [9.17, 15) is 9.59 Å². The molecule has 4 rings (SSSR count). The summed E-state index contributed by atoms with van der Waals surface area (Å²) in [6, 6.07) is 19.7. The Morgan fingerprint density at radius 3 is 2.32 bits per heavy atom. The van der Waals surface area contributed by atoms with Crippen molar-refractivity contribution < 1.29 is 14.3 Å². The standard InChI is InChI=1S/C28H31NO3S2/c1-28(2,3)19-15-16-21-22(17-19)34-26(23(21)27(31)32-4)29-25(30)24(18-11-7-5-8-12-18)33-20-13-9-6-10-14-20/h5-14,19,24H,15-17H2,1-4H3,(H,29,30)/t19-,24+/m0/s1. The third kappa shape index (κ3) is 5.39. The lowest BCUT2D eigenvalue weighted by molar-refractivity contribution is -0.115. The number of carbonyl (C=O) groups excluding carboxylic acids is 2. The van der Waals surface area contributed by atoms with Gasteiger partial charge in [0.25, 0.3) is 0 Å². The molecular formula is C28H31NO3S2. The van der Waals surface area contributed by atoms with Gasteiger partial charge in [-0.15, -0.1) is 23.1 Å². The van der Waals surface area contributed by atoms with Gasteiger partial charge in [0.05, 0.1) is 12.7 Å². The van der Waals surface area contributed by atoms with Crippen LogP contribution in [0.15, 0.2) is 65.6 Å². The van der Waals surface area contributed by atoms with Crippen molar-refractivity contribution in [1.82, 2.24) is 0 Å². The van der Waals surface area contributed by atoms with Gasteiger partial charge in [0.1, 0.15) is 10.3 Å². The largest absolute Gasteiger partial charge is 0.465 e. The van der Waals surface area contributed by atoms with Crippen LogP contribution in [0.25, 0.3) is 0 Å². The maximum absolute atomic E-state index is 13.6. The number of amides is 1. The first-order valence-corrected chi connectivity index (χ1v) is 13.3. The predicted octanol–water partition coefficient (Wildman–Crippen LogP) is 7.16. The van der Waals surface area contributed by atoms with Crippen molar-refractivity contribution >= 4 is 40.0 Å². The van der Waals surface area contributed by atoms with Gasteiger partial charge in [0.15, 0.2) is 0 Å². The Bertz CT molecular complexity index is 1150. The fraction of sp³-hybridized carbons (Fsp3) is 0.357. The van der Waals surface area contributed by atoms with Crippen LogP contribution in [-0.2, 0) is 22.4 Å². The molecule has 0 fully saturated rings. The van der Waals surface area contributed by atoms with Crippen molar-refractivity contribution in [2.45, 2.75) is 50.2 Å². The predicted molar refractivity (Wildman–Crippen MR) is 141 cm³/mol. The number of ether oxygens (including phenoxy) is 1. The van der Waals surface area contributed by atoms with Crippen molar-refractivity contribution in [2.75, 3.05) is 12.4 Å². The molecule has 6 heteroatoms. The van der Waals surface area contributed by atoms with Crippen LogP contribution < -0.4 is 5.32 Å². The Balaban J connectivity index is 1.66. The van der Waals surface area contributed by atoms with E-state index in [4.69, 9.17) is 4.74 Å². The molecule has 1 N–H and O–H groups in total. The van der Waals surface area contributed by atoms with Gasteiger partial charge >= 0.3 is 5.97 Å². The van der Waals surface area contributed by atoms with E-state index in [1.807, 2.05) is 60.7 Å². The molecule has 0 bridgehead atoms. The first-order valence-electron chi connectivity index (χ1n) is 11.6. The molecular weight excluding hydrogens is 462 g/mol. The number of fused-ring (bicyclic) bond motifs is 1. The Kier molecular flexibility index (Phi) is 7.48. The molecule has 1 aliphatic rings. The zero-order chi connectivity index (χ0) is 24.3. The molecule has 1 aliphatic carbocycles. The van der Waals surface area contributed by atoms with Crippen LogP contribution in [0.5, 0.6) is 0 Å². The number of carbonyl (C=O) groups is 2. The van der Waals surface area contributed by atoms with Gasteiger partial charge < -0.3 is 10.1 Å². The average molecular weight is 494 g/mol. The normalized spacial score (nSPS) is 16.4. The summed E-state index contributed by atoms with van der Waals surface area (Å²) in [6.45, 7) is 6.81. The second kappa shape index (κ2) is 10.4. The minimum absolute atomic E-state index is 0.142. The summed E-state index contributed by atoms with van der Waals surface area (Å²) in [7, 11) is 1.40. The monoisotopic (exact) mass is 493 g/mol. The number of rotatable bonds is 6. The minimum Gasteiger partial charge on any atom is -0.465 e. The van der Waals surface area contributed by atoms with E-state index >= 15 is 0 Å². The van der Waals surface area contributed by atoms with E-state index in [2.05, 4.69) is 26.1 Å². The molecule has 1 amide bonds. The highest BCUT2D eigenvalue weighted by Crippen LogP contribution is 2.45.